The molecule has 6 heteroatoms. The third kappa shape index (κ3) is 3.22. The fraction of sp³-hybridized carbons (Fsp3) is 0.333. The van der Waals surface area contributed by atoms with Crippen molar-refractivity contribution in [3.8, 4) is 10.6 Å². The molecule has 0 aliphatic carbocycles. The molecule has 0 radical (unpaired) electrons. The molecule has 0 aromatic carbocycles. The summed E-state index contributed by atoms with van der Waals surface area (Å²) >= 11 is 1.71. The normalized spacial score (nSPS) is 11.4. The van der Waals surface area contributed by atoms with Crippen LogP contribution in [-0.4, -0.2) is 31.9 Å². The Morgan fingerprint density at radius 2 is 2.24 bits per heavy atom. The van der Waals surface area contributed by atoms with Gasteiger partial charge in [0.05, 0.1) is 10.6 Å². The summed E-state index contributed by atoms with van der Waals surface area (Å²) in [5, 5.41) is 14.0. The van der Waals surface area contributed by atoms with Crippen molar-refractivity contribution in [3.05, 3.63) is 46.7 Å². The van der Waals surface area contributed by atoms with Gasteiger partial charge < -0.3 is 0 Å². The Bertz CT molecular complexity index is 710. The van der Waals surface area contributed by atoms with Crippen LogP contribution in [0, 0.1) is 6.92 Å². The average Bonchev–Trinajstić information content (AvgIpc) is 3.11. The predicted molar refractivity (Wildman–Crippen MR) is 85.0 cm³/mol. The molecule has 110 valence electrons. The maximum Gasteiger partial charge on any atom is 0.102 e. The summed E-state index contributed by atoms with van der Waals surface area (Å²) in [5.41, 5.74) is 4.50. The fourth-order valence-electron chi connectivity index (χ4n) is 2.43. The second-order valence-electron chi connectivity index (χ2n) is 5.34. The summed E-state index contributed by atoms with van der Waals surface area (Å²) < 4.78 is 1.86. The van der Waals surface area contributed by atoms with Gasteiger partial charge in [0.25, 0.3) is 0 Å². The molecule has 3 heterocycles. The highest BCUT2D eigenvalue weighted by atomic mass is 32.1. The van der Waals surface area contributed by atoms with Crippen LogP contribution in [0.25, 0.3) is 10.6 Å². The number of thiophene rings is 1. The van der Waals surface area contributed by atoms with E-state index in [9.17, 15) is 0 Å². The van der Waals surface area contributed by atoms with Crippen molar-refractivity contribution in [1.29, 1.82) is 0 Å². The zero-order valence-corrected chi connectivity index (χ0v) is 13.3. The highest BCUT2D eigenvalue weighted by Gasteiger charge is 2.10. The maximum absolute atomic E-state index is 4.38. The summed E-state index contributed by atoms with van der Waals surface area (Å²) in [7, 11) is 4.07. The van der Waals surface area contributed by atoms with E-state index < -0.39 is 0 Å². The van der Waals surface area contributed by atoms with Crippen molar-refractivity contribution < 1.29 is 0 Å². The fourth-order valence-corrected chi connectivity index (χ4v) is 3.12. The number of hydrogen-bond donors (Lipinski definition) is 1. The van der Waals surface area contributed by atoms with Crippen LogP contribution < -0.4 is 0 Å². The number of aryl methyl sites for hydroxylation is 2. The molecule has 5 nitrogen and oxygen atoms in total. The molecule has 0 atom stereocenters. The van der Waals surface area contributed by atoms with E-state index in [4.69, 9.17) is 0 Å². The lowest BCUT2D eigenvalue weighted by atomic mass is 10.2. The maximum atomic E-state index is 4.38. The average molecular weight is 301 g/mol. The van der Waals surface area contributed by atoms with Gasteiger partial charge in [-0.25, -0.2) is 0 Å². The van der Waals surface area contributed by atoms with Crippen LogP contribution in [0.1, 0.15) is 17.0 Å². The first kappa shape index (κ1) is 14.0. The molecule has 0 unspecified atom stereocenters. The second-order valence-corrected chi connectivity index (χ2v) is 6.29. The van der Waals surface area contributed by atoms with Gasteiger partial charge in [-0.2, -0.15) is 10.2 Å². The van der Waals surface area contributed by atoms with Gasteiger partial charge in [0.15, 0.2) is 0 Å². The molecule has 0 saturated carbocycles. The Morgan fingerprint density at radius 1 is 1.38 bits per heavy atom. The van der Waals surface area contributed by atoms with Crippen LogP contribution >= 0.6 is 11.3 Å². The first-order valence-electron chi connectivity index (χ1n) is 6.87. The van der Waals surface area contributed by atoms with Gasteiger partial charge in [-0.15, -0.1) is 11.3 Å². The third-order valence-electron chi connectivity index (χ3n) is 3.40. The second kappa shape index (κ2) is 5.83. The minimum Gasteiger partial charge on any atom is -0.296 e. The predicted octanol–water partition coefficient (Wildman–Crippen LogP) is 2.81. The van der Waals surface area contributed by atoms with E-state index in [1.807, 2.05) is 24.7 Å². The van der Waals surface area contributed by atoms with Crippen LogP contribution in [0.15, 0.2) is 29.8 Å². The molecule has 0 saturated heterocycles. The van der Waals surface area contributed by atoms with Crippen LogP contribution in [-0.2, 0) is 20.1 Å². The number of nitrogens with one attached hydrogen (secondary N) is 1. The number of nitrogens with zero attached hydrogens (tertiary/aromatic N) is 4. The van der Waals surface area contributed by atoms with Crippen LogP contribution in [0.5, 0.6) is 0 Å². The van der Waals surface area contributed by atoms with Gasteiger partial charge in [0, 0.05) is 37.6 Å². The van der Waals surface area contributed by atoms with Gasteiger partial charge in [-0.05, 0) is 31.5 Å². The van der Waals surface area contributed by atoms with Crippen molar-refractivity contribution in [1.82, 2.24) is 24.9 Å². The molecule has 0 aliphatic heterocycles. The topological polar surface area (TPSA) is 49.7 Å². The summed E-state index contributed by atoms with van der Waals surface area (Å²) in [6.07, 6.45) is 2.08. The lowest BCUT2D eigenvalue weighted by Crippen LogP contribution is -2.17. The molecule has 3 aromatic heterocycles. The number of H-pyrrole nitrogens is 1. The zero-order valence-electron chi connectivity index (χ0n) is 12.5. The van der Waals surface area contributed by atoms with Gasteiger partial charge in [-0.1, -0.05) is 6.07 Å². The lowest BCUT2D eigenvalue weighted by molar-refractivity contribution is 0.314. The first-order chi connectivity index (χ1) is 10.1. The molecule has 0 amide bonds. The Labute approximate surface area is 128 Å². The van der Waals surface area contributed by atoms with Crippen molar-refractivity contribution in [2.45, 2.75) is 20.0 Å². The molecule has 0 aliphatic rings. The van der Waals surface area contributed by atoms with E-state index >= 15 is 0 Å². The minimum atomic E-state index is 0.840. The van der Waals surface area contributed by atoms with E-state index in [1.54, 1.807) is 11.3 Å². The summed E-state index contributed by atoms with van der Waals surface area (Å²) in [6.45, 7) is 3.77. The molecule has 0 fully saturated rings. The molecule has 0 bridgehead atoms. The zero-order chi connectivity index (χ0) is 14.8. The third-order valence-corrected chi connectivity index (χ3v) is 4.29. The van der Waals surface area contributed by atoms with Gasteiger partial charge in [-0.3, -0.25) is 14.7 Å². The smallest absolute Gasteiger partial charge is 0.102 e. The van der Waals surface area contributed by atoms with Crippen LogP contribution in [0.3, 0.4) is 0 Å². The Kier molecular flexibility index (Phi) is 3.90. The molecule has 21 heavy (non-hydrogen) atoms. The number of aromatic amines is 1. The number of hydrogen-bond acceptors (Lipinski definition) is 4. The van der Waals surface area contributed by atoms with Crippen LogP contribution in [0.2, 0.25) is 0 Å². The van der Waals surface area contributed by atoms with Crippen molar-refractivity contribution in [2.75, 3.05) is 7.05 Å². The molecular formula is C15H19N5S. The largest absolute Gasteiger partial charge is 0.296 e. The molecule has 3 rings (SSSR count). The highest BCUT2D eigenvalue weighted by molar-refractivity contribution is 7.13. The van der Waals surface area contributed by atoms with E-state index in [2.05, 4.69) is 51.0 Å². The lowest BCUT2D eigenvalue weighted by Gasteiger charge is -2.14. The summed E-state index contributed by atoms with van der Waals surface area (Å²) in [5.74, 6) is 0. The van der Waals surface area contributed by atoms with E-state index in [0.717, 1.165) is 30.2 Å². The van der Waals surface area contributed by atoms with E-state index in [0.29, 0.717) is 0 Å². The van der Waals surface area contributed by atoms with Gasteiger partial charge >= 0.3 is 0 Å². The molecule has 3 aromatic rings. The number of rotatable bonds is 5. The minimum absolute atomic E-state index is 0.840. The van der Waals surface area contributed by atoms with Crippen molar-refractivity contribution in [3.63, 3.8) is 0 Å². The van der Waals surface area contributed by atoms with E-state index in [-0.39, 0.29) is 0 Å². The van der Waals surface area contributed by atoms with Gasteiger partial charge in [0.2, 0.25) is 0 Å². The standard InChI is InChI=1S/C15H19N5S/c1-11-12(9-20(3)18-11)8-19(2)10-13-7-14(17-16-13)15-5-4-6-21-15/h4-7,9H,8,10H2,1-3H3,(H,16,17). The van der Waals surface area contributed by atoms with Crippen molar-refractivity contribution >= 4 is 11.3 Å². The SMILES string of the molecule is Cc1nn(C)cc1CN(C)Cc1cc(-c2cccs2)n[nH]1. The summed E-state index contributed by atoms with van der Waals surface area (Å²) in [4.78, 5) is 3.46. The van der Waals surface area contributed by atoms with E-state index in [1.165, 1.54) is 10.4 Å². The summed E-state index contributed by atoms with van der Waals surface area (Å²) in [6, 6.07) is 6.26. The Morgan fingerprint density at radius 3 is 2.90 bits per heavy atom. The monoisotopic (exact) mass is 301 g/mol. The molecular weight excluding hydrogens is 282 g/mol. The van der Waals surface area contributed by atoms with Crippen molar-refractivity contribution in [2.24, 2.45) is 7.05 Å². The Balaban J connectivity index is 1.65. The number of aromatic nitrogens is 4. The van der Waals surface area contributed by atoms with Crippen LogP contribution in [0.4, 0.5) is 0 Å². The highest BCUT2D eigenvalue weighted by Crippen LogP contribution is 2.23. The van der Waals surface area contributed by atoms with Gasteiger partial charge in [0.1, 0.15) is 5.69 Å². The Hall–Kier alpha value is -1.92. The quantitative estimate of drug-likeness (QED) is 0.788. The molecule has 0 spiro atoms. The first-order valence-corrected chi connectivity index (χ1v) is 7.75. The molecule has 1 N–H and O–H groups in total.